The number of hydrogen-bond donors (Lipinski definition) is 1. The Morgan fingerprint density at radius 3 is 3.00 bits per heavy atom. The molecule has 0 fully saturated rings. The molecule has 0 spiro atoms. The van der Waals surface area contributed by atoms with Crippen LogP contribution in [0.2, 0.25) is 0 Å². The van der Waals surface area contributed by atoms with Crippen LogP contribution >= 0.6 is 11.6 Å². The van der Waals surface area contributed by atoms with E-state index >= 15 is 0 Å². The molecule has 2 nitrogen and oxygen atoms in total. The Morgan fingerprint density at radius 1 is 1.26 bits per heavy atom. The standard InChI is InChI=1S/C24H23ClN2/c1-3-4-8-18-15-19(12-11-16(18)2)22-21-14-13-17-9-6-5-7-10-20(17)23(21)27-24(25)26-22/h3-4,6,8-9,11-15,24,27H,1,5,7,10H2,2H3/b8-4-/t24-/m1/s1. The molecule has 136 valence electrons. The average Bonchev–Trinajstić information content (AvgIpc) is 2.92. The van der Waals surface area contributed by atoms with Crippen LogP contribution in [0.4, 0.5) is 5.69 Å². The van der Waals surface area contributed by atoms with Crippen LogP contribution in [0, 0.1) is 6.92 Å². The van der Waals surface area contributed by atoms with E-state index in [9.17, 15) is 0 Å². The Morgan fingerprint density at radius 2 is 2.15 bits per heavy atom. The number of benzene rings is 2. The molecule has 27 heavy (non-hydrogen) atoms. The Bertz CT molecular complexity index is 982. The lowest BCUT2D eigenvalue weighted by Gasteiger charge is -2.26. The highest BCUT2D eigenvalue weighted by Crippen LogP contribution is 2.35. The lowest BCUT2D eigenvalue weighted by atomic mass is 9.91. The maximum atomic E-state index is 6.48. The molecule has 2 aromatic carbocycles. The molecule has 1 aliphatic carbocycles. The van der Waals surface area contributed by atoms with Crippen LogP contribution in [-0.2, 0) is 6.42 Å². The highest BCUT2D eigenvalue weighted by molar-refractivity contribution is 6.26. The summed E-state index contributed by atoms with van der Waals surface area (Å²) < 4.78 is 0. The van der Waals surface area contributed by atoms with Gasteiger partial charge in [-0.1, -0.05) is 72.8 Å². The smallest absolute Gasteiger partial charge is 0.196 e. The normalized spacial score (nSPS) is 18.3. The van der Waals surface area contributed by atoms with Crippen molar-refractivity contribution < 1.29 is 0 Å². The average molecular weight is 375 g/mol. The predicted molar refractivity (Wildman–Crippen MR) is 118 cm³/mol. The molecular formula is C24H23ClN2. The Kier molecular flexibility index (Phi) is 5.00. The van der Waals surface area contributed by atoms with E-state index in [-0.39, 0.29) is 0 Å². The van der Waals surface area contributed by atoms with Crippen LogP contribution in [0.25, 0.3) is 12.2 Å². The number of halogens is 1. The minimum absolute atomic E-state index is 0.459. The van der Waals surface area contributed by atoms with Crippen molar-refractivity contribution in [1.82, 2.24) is 0 Å². The van der Waals surface area contributed by atoms with Crippen molar-refractivity contribution in [1.29, 1.82) is 0 Å². The molecule has 0 unspecified atom stereocenters. The van der Waals surface area contributed by atoms with Gasteiger partial charge in [0.1, 0.15) is 0 Å². The van der Waals surface area contributed by atoms with E-state index in [0.29, 0.717) is 0 Å². The fourth-order valence-corrected chi connectivity index (χ4v) is 3.97. The zero-order valence-corrected chi connectivity index (χ0v) is 16.3. The second kappa shape index (κ2) is 7.58. The largest absolute Gasteiger partial charge is 0.350 e. The first kappa shape index (κ1) is 17.8. The van der Waals surface area contributed by atoms with Crippen molar-refractivity contribution in [3.8, 4) is 0 Å². The highest BCUT2D eigenvalue weighted by atomic mass is 35.5. The Hall–Kier alpha value is -2.58. The van der Waals surface area contributed by atoms with Crippen molar-refractivity contribution in [3.63, 3.8) is 0 Å². The van der Waals surface area contributed by atoms with Crippen LogP contribution < -0.4 is 5.32 Å². The number of nitrogens with zero attached hydrogens (tertiary/aromatic N) is 1. The molecule has 4 rings (SSSR count). The van der Waals surface area contributed by atoms with Gasteiger partial charge in [-0.15, -0.1) is 0 Å². The molecule has 1 heterocycles. The van der Waals surface area contributed by atoms with Gasteiger partial charge in [-0.3, -0.25) is 0 Å². The number of anilines is 1. The first-order valence-corrected chi connectivity index (χ1v) is 9.82. The molecule has 0 aromatic heterocycles. The van der Waals surface area contributed by atoms with Gasteiger partial charge in [0.2, 0.25) is 0 Å². The number of nitrogens with one attached hydrogen (secondary N) is 1. The van der Waals surface area contributed by atoms with Crippen LogP contribution in [0.3, 0.4) is 0 Å². The maximum absolute atomic E-state index is 6.48. The zero-order valence-electron chi connectivity index (χ0n) is 15.5. The first-order chi connectivity index (χ1) is 13.2. The van der Waals surface area contributed by atoms with E-state index in [1.807, 2.05) is 6.08 Å². The van der Waals surface area contributed by atoms with Gasteiger partial charge in [0.25, 0.3) is 0 Å². The molecule has 0 saturated carbocycles. The summed E-state index contributed by atoms with van der Waals surface area (Å²) in [6.45, 7) is 5.88. The zero-order chi connectivity index (χ0) is 18.8. The van der Waals surface area contributed by atoms with Crippen LogP contribution in [0.5, 0.6) is 0 Å². The van der Waals surface area contributed by atoms with Gasteiger partial charge in [0.15, 0.2) is 5.62 Å². The number of allylic oxidation sites excluding steroid dienone is 3. The third-order valence-corrected chi connectivity index (χ3v) is 5.38. The Balaban J connectivity index is 1.84. The molecule has 2 aliphatic rings. The number of aliphatic imine (C=N–C) groups is 1. The summed E-state index contributed by atoms with van der Waals surface area (Å²) in [7, 11) is 0. The molecule has 1 N–H and O–H groups in total. The molecule has 1 atom stereocenters. The second-order valence-corrected chi connectivity index (χ2v) is 7.39. The van der Waals surface area contributed by atoms with Gasteiger partial charge in [0, 0.05) is 16.8 Å². The summed E-state index contributed by atoms with van der Waals surface area (Å²) in [5.41, 5.74) is 8.85. The number of hydrogen-bond acceptors (Lipinski definition) is 2. The van der Waals surface area contributed by atoms with Gasteiger partial charge in [-0.05, 0) is 54.5 Å². The molecule has 2 aromatic rings. The number of aryl methyl sites for hydroxylation is 1. The van der Waals surface area contributed by atoms with Crippen molar-refractivity contribution >= 4 is 35.2 Å². The maximum Gasteiger partial charge on any atom is 0.196 e. The minimum Gasteiger partial charge on any atom is -0.350 e. The fourth-order valence-electron chi connectivity index (χ4n) is 3.76. The SMILES string of the molecule is C=C/C=C\c1cc(C2=N[C@@H](Cl)Nc3c2ccc2c3CCCC=C2)ccc1C. The topological polar surface area (TPSA) is 24.4 Å². The predicted octanol–water partition coefficient (Wildman–Crippen LogP) is 6.33. The molecule has 0 amide bonds. The van der Waals surface area contributed by atoms with Gasteiger partial charge >= 0.3 is 0 Å². The van der Waals surface area contributed by atoms with E-state index in [0.717, 1.165) is 41.8 Å². The Labute approximate surface area is 166 Å². The van der Waals surface area contributed by atoms with Crippen LogP contribution in [0.15, 0.2) is 60.1 Å². The van der Waals surface area contributed by atoms with Gasteiger partial charge < -0.3 is 5.32 Å². The number of alkyl halides is 1. The van der Waals surface area contributed by atoms with Crippen LogP contribution in [0.1, 0.15) is 46.2 Å². The van der Waals surface area contributed by atoms with Crippen molar-refractivity contribution in [2.45, 2.75) is 31.8 Å². The van der Waals surface area contributed by atoms with E-state index in [1.54, 1.807) is 6.08 Å². The summed E-state index contributed by atoms with van der Waals surface area (Å²) in [6.07, 6.45) is 13.6. The molecular weight excluding hydrogens is 352 g/mol. The first-order valence-electron chi connectivity index (χ1n) is 9.38. The molecule has 3 heteroatoms. The lowest BCUT2D eigenvalue weighted by molar-refractivity contribution is 0.848. The molecule has 0 saturated heterocycles. The molecule has 1 aliphatic heterocycles. The number of rotatable bonds is 3. The van der Waals surface area contributed by atoms with Crippen molar-refractivity contribution in [3.05, 3.63) is 88.5 Å². The summed E-state index contributed by atoms with van der Waals surface area (Å²) in [4.78, 5) is 4.73. The third-order valence-electron chi connectivity index (χ3n) is 5.17. The minimum atomic E-state index is -0.459. The van der Waals surface area contributed by atoms with E-state index in [4.69, 9.17) is 16.6 Å². The second-order valence-electron chi connectivity index (χ2n) is 6.97. The highest BCUT2D eigenvalue weighted by Gasteiger charge is 2.24. The molecule has 0 radical (unpaired) electrons. The van der Waals surface area contributed by atoms with Crippen molar-refractivity contribution in [2.24, 2.45) is 4.99 Å². The van der Waals surface area contributed by atoms with E-state index in [2.05, 4.69) is 67.4 Å². The quantitative estimate of drug-likeness (QED) is 0.379. The van der Waals surface area contributed by atoms with Gasteiger partial charge in [-0.2, -0.15) is 0 Å². The van der Waals surface area contributed by atoms with E-state index in [1.165, 1.54) is 22.3 Å². The summed E-state index contributed by atoms with van der Waals surface area (Å²) in [6, 6.07) is 10.8. The summed E-state index contributed by atoms with van der Waals surface area (Å²) >= 11 is 6.48. The summed E-state index contributed by atoms with van der Waals surface area (Å²) in [5.74, 6) is 0. The summed E-state index contributed by atoms with van der Waals surface area (Å²) in [5, 5.41) is 3.39. The molecule has 0 bridgehead atoms. The number of fused-ring (bicyclic) bond motifs is 3. The van der Waals surface area contributed by atoms with E-state index < -0.39 is 5.62 Å². The fraction of sp³-hybridized carbons (Fsp3) is 0.208. The van der Waals surface area contributed by atoms with Crippen molar-refractivity contribution in [2.75, 3.05) is 5.32 Å². The van der Waals surface area contributed by atoms with Gasteiger partial charge in [-0.25, -0.2) is 4.99 Å². The third kappa shape index (κ3) is 3.50. The lowest BCUT2D eigenvalue weighted by Crippen LogP contribution is -2.24. The monoisotopic (exact) mass is 374 g/mol. The van der Waals surface area contributed by atoms with Crippen LogP contribution in [-0.4, -0.2) is 11.3 Å². The van der Waals surface area contributed by atoms with Gasteiger partial charge in [0.05, 0.1) is 5.71 Å².